The number of carboxylic acid groups (broad SMARTS) is 1. The first-order valence-corrected chi connectivity index (χ1v) is 2.65. The molecule has 1 atom stereocenters. The molecule has 0 radical (unpaired) electrons. The van der Waals surface area contributed by atoms with Gasteiger partial charge >= 0.3 is 5.97 Å². The molecule has 1 rings (SSSR count). The lowest BCUT2D eigenvalue weighted by Gasteiger charge is -1.98. The Morgan fingerprint density at radius 3 is 2.80 bits per heavy atom. The Bertz CT molecular complexity index is 214. The summed E-state index contributed by atoms with van der Waals surface area (Å²) in [5.74, 6) is -1.28. The molecular formula is C6H6O4. The number of aliphatic hydroxyl groups is 1. The van der Waals surface area contributed by atoms with E-state index >= 15 is 0 Å². The van der Waals surface area contributed by atoms with Gasteiger partial charge in [-0.05, 0) is 6.07 Å². The number of carbonyl (C=O) groups is 1. The van der Waals surface area contributed by atoms with E-state index in [1.807, 2.05) is 0 Å². The van der Waals surface area contributed by atoms with Gasteiger partial charge in [0.25, 0.3) is 0 Å². The third-order valence-electron chi connectivity index (χ3n) is 1.09. The normalized spacial score (nSPS) is 12.9. The van der Waals surface area contributed by atoms with Gasteiger partial charge in [0.15, 0.2) is 6.10 Å². The number of rotatable bonds is 2. The van der Waals surface area contributed by atoms with Gasteiger partial charge in [-0.3, -0.25) is 0 Å². The van der Waals surface area contributed by atoms with Crippen molar-refractivity contribution in [2.45, 2.75) is 6.10 Å². The monoisotopic (exact) mass is 142 g/mol. The molecular weight excluding hydrogens is 136 g/mol. The van der Waals surface area contributed by atoms with Crippen molar-refractivity contribution in [1.29, 1.82) is 0 Å². The van der Waals surface area contributed by atoms with Crippen molar-refractivity contribution >= 4 is 5.97 Å². The minimum Gasteiger partial charge on any atom is -0.479 e. The molecule has 1 aromatic rings. The van der Waals surface area contributed by atoms with Crippen LogP contribution in [0.15, 0.2) is 23.0 Å². The minimum absolute atomic E-state index is 0.257. The van der Waals surface area contributed by atoms with Gasteiger partial charge in [0.05, 0.1) is 12.5 Å². The second-order valence-electron chi connectivity index (χ2n) is 1.80. The lowest BCUT2D eigenvalue weighted by molar-refractivity contribution is -0.146. The Kier molecular flexibility index (Phi) is 1.73. The maximum Gasteiger partial charge on any atom is 0.337 e. The van der Waals surface area contributed by atoms with E-state index < -0.39 is 12.1 Å². The van der Waals surface area contributed by atoms with Gasteiger partial charge in [0, 0.05) is 5.56 Å². The highest BCUT2D eigenvalue weighted by Crippen LogP contribution is 2.11. The smallest absolute Gasteiger partial charge is 0.337 e. The first-order valence-electron chi connectivity index (χ1n) is 2.65. The predicted octanol–water partition coefficient (Wildman–Crippen LogP) is 0.398. The molecule has 0 saturated heterocycles. The summed E-state index contributed by atoms with van der Waals surface area (Å²) in [6.07, 6.45) is 1.03. The van der Waals surface area contributed by atoms with Crippen LogP contribution in [0.2, 0.25) is 0 Å². The molecule has 0 fully saturated rings. The van der Waals surface area contributed by atoms with Gasteiger partial charge < -0.3 is 14.6 Å². The quantitative estimate of drug-likeness (QED) is 0.626. The molecule has 4 nitrogen and oxygen atoms in total. The second-order valence-corrected chi connectivity index (χ2v) is 1.80. The van der Waals surface area contributed by atoms with Crippen molar-refractivity contribution in [2.24, 2.45) is 0 Å². The predicted molar refractivity (Wildman–Crippen MR) is 31.3 cm³/mol. The summed E-state index contributed by atoms with van der Waals surface area (Å²) in [6.45, 7) is 0. The van der Waals surface area contributed by atoms with Crippen LogP contribution in [0.25, 0.3) is 0 Å². The van der Waals surface area contributed by atoms with Crippen LogP contribution in [-0.2, 0) is 4.79 Å². The number of furan rings is 1. The highest BCUT2D eigenvalue weighted by atomic mass is 16.4. The zero-order chi connectivity index (χ0) is 7.56. The van der Waals surface area contributed by atoms with E-state index in [-0.39, 0.29) is 5.56 Å². The average Bonchev–Trinajstić information content (AvgIpc) is 2.36. The average molecular weight is 142 g/mol. The van der Waals surface area contributed by atoms with Crippen LogP contribution in [0.4, 0.5) is 0 Å². The lowest BCUT2D eigenvalue weighted by Crippen LogP contribution is -2.08. The van der Waals surface area contributed by atoms with Crippen LogP contribution in [0.5, 0.6) is 0 Å². The molecule has 0 aliphatic carbocycles. The Balaban J connectivity index is 2.77. The molecule has 1 heterocycles. The second kappa shape index (κ2) is 2.53. The fourth-order valence-corrected chi connectivity index (χ4v) is 0.573. The van der Waals surface area contributed by atoms with Crippen molar-refractivity contribution < 1.29 is 19.4 Å². The first-order chi connectivity index (χ1) is 4.72. The Morgan fingerprint density at radius 2 is 2.40 bits per heavy atom. The summed E-state index contributed by atoms with van der Waals surface area (Å²) in [6, 6.07) is 1.40. The summed E-state index contributed by atoms with van der Waals surface area (Å²) in [7, 11) is 0. The molecule has 0 aliphatic heterocycles. The molecule has 0 unspecified atom stereocenters. The SMILES string of the molecule is O=C(O)[C@H](O)c1ccoc1. The molecule has 0 aliphatic rings. The number of aliphatic hydroxyl groups excluding tert-OH is 1. The van der Waals surface area contributed by atoms with Crippen LogP contribution >= 0.6 is 0 Å². The van der Waals surface area contributed by atoms with Crippen LogP contribution < -0.4 is 0 Å². The van der Waals surface area contributed by atoms with Gasteiger partial charge in [0.1, 0.15) is 0 Å². The standard InChI is InChI=1S/C6H6O4/c7-5(6(8)9)4-1-2-10-3-4/h1-3,5,7H,(H,8,9)/t5-/m1/s1. The molecule has 0 amide bonds. The van der Waals surface area contributed by atoms with Gasteiger partial charge in [-0.25, -0.2) is 4.79 Å². The molecule has 10 heavy (non-hydrogen) atoms. The van der Waals surface area contributed by atoms with E-state index in [4.69, 9.17) is 10.2 Å². The fraction of sp³-hybridized carbons (Fsp3) is 0.167. The molecule has 0 spiro atoms. The van der Waals surface area contributed by atoms with Crippen molar-refractivity contribution in [3.8, 4) is 0 Å². The summed E-state index contributed by atoms with van der Waals surface area (Å²) in [5, 5.41) is 17.1. The summed E-state index contributed by atoms with van der Waals surface area (Å²) < 4.78 is 4.56. The Morgan fingerprint density at radius 1 is 1.70 bits per heavy atom. The maximum absolute atomic E-state index is 10.1. The topological polar surface area (TPSA) is 70.7 Å². The van der Waals surface area contributed by atoms with E-state index in [2.05, 4.69) is 4.42 Å². The van der Waals surface area contributed by atoms with Crippen LogP contribution in [0.1, 0.15) is 11.7 Å². The number of hydrogen-bond acceptors (Lipinski definition) is 3. The lowest BCUT2D eigenvalue weighted by atomic mass is 10.2. The summed E-state index contributed by atoms with van der Waals surface area (Å²) in [4.78, 5) is 10.1. The largest absolute Gasteiger partial charge is 0.479 e. The Labute approximate surface area is 56.7 Å². The number of carboxylic acids is 1. The van der Waals surface area contributed by atoms with Gasteiger partial charge in [-0.1, -0.05) is 0 Å². The minimum atomic E-state index is -1.47. The molecule has 0 saturated carbocycles. The maximum atomic E-state index is 10.1. The van der Waals surface area contributed by atoms with E-state index in [0.29, 0.717) is 0 Å². The zero-order valence-electron chi connectivity index (χ0n) is 5.02. The highest BCUT2D eigenvalue weighted by molar-refractivity contribution is 5.73. The summed E-state index contributed by atoms with van der Waals surface area (Å²) in [5.41, 5.74) is 0.257. The molecule has 1 aromatic heterocycles. The van der Waals surface area contributed by atoms with Gasteiger partial charge in [0.2, 0.25) is 0 Å². The molecule has 2 N–H and O–H groups in total. The van der Waals surface area contributed by atoms with Gasteiger partial charge in [-0.15, -0.1) is 0 Å². The van der Waals surface area contributed by atoms with Crippen LogP contribution in [-0.4, -0.2) is 16.2 Å². The Hall–Kier alpha value is -1.29. The van der Waals surface area contributed by atoms with E-state index in [1.165, 1.54) is 18.6 Å². The molecule has 54 valence electrons. The number of aliphatic carboxylic acids is 1. The first kappa shape index (κ1) is 6.82. The highest BCUT2D eigenvalue weighted by Gasteiger charge is 2.15. The van der Waals surface area contributed by atoms with Crippen LogP contribution in [0.3, 0.4) is 0 Å². The molecule has 4 heteroatoms. The number of hydrogen-bond donors (Lipinski definition) is 2. The van der Waals surface area contributed by atoms with E-state index in [1.54, 1.807) is 0 Å². The summed E-state index contributed by atoms with van der Waals surface area (Å²) >= 11 is 0. The zero-order valence-corrected chi connectivity index (χ0v) is 5.02. The third kappa shape index (κ3) is 1.16. The molecule has 0 aromatic carbocycles. The fourth-order valence-electron chi connectivity index (χ4n) is 0.573. The van der Waals surface area contributed by atoms with Crippen molar-refractivity contribution in [3.05, 3.63) is 24.2 Å². The van der Waals surface area contributed by atoms with Crippen molar-refractivity contribution in [1.82, 2.24) is 0 Å². The molecule has 0 bridgehead atoms. The van der Waals surface area contributed by atoms with Gasteiger partial charge in [-0.2, -0.15) is 0 Å². The third-order valence-corrected chi connectivity index (χ3v) is 1.09. The van der Waals surface area contributed by atoms with Crippen molar-refractivity contribution in [3.63, 3.8) is 0 Å². The van der Waals surface area contributed by atoms with Crippen LogP contribution in [0, 0.1) is 0 Å². The van der Waals surface area contributed by atoms with Crippen molar-refractivity contribution in [2.75, 3.05) is 0 Å². The van der Waals surface area contributed by atoms with E-state index in [9.17, 15) is 4.79 Å². The van der Waals surface area contributed by atoms with E-state index in [0.717, 1.165) is 0 Å².